The largest absolute Gasteiger partial charge is 0.508 e. The van der Waals surface area contributed by atoms with E-state index in [1.165, 1.54) is 7.11 Å². The van der Waals surface area contributed by atoms with Crippen LogP contribution in [0.3, 0.4) is 0 Å². The van der Waals surface area contributed by atoms with Crippen LogP contribution in [0.4, 0.5) is 0 Å². The van der Waals surface area contributed by atoms with E-state index in [1.54, 1.807) is 6.07 Å². The molecule has 0 heterocycles. The zero-order valence-electron chi connectivity index (χ0n) is 20.1. The summed E-state index contributed by atoms with van der Waals surface area (Å²) < 4.78 is 4.83. The fourth-order valence-corrected chi connectivity index (χ4v) is 3.80. The Hall–Kier alpha value is -3.39. The maximum Gasteiger partial charge on any atom is 0.328 e. The fourth-order valence-electron chi connectivity index (χ4n) is 3.80. The maximum atomic E-state index is 12.9. The smallest absolute Gasteiger partial charge is 0.328 e. The van der Waals surface area contributed by atoms with Crippen LogP contribution in [0.15, 0.2) is 48.5 Å². The predicted molar refractivity (Wildman–Crippen MR) is 129 cm³/mol. The lowest BCUT2D eigenvalue weighted by Crippen LogP contribution is -2.52. The van der Waals surface area contributed by atoms with E-state index in [4.69, 9.17) is 4.74 Å². The van der Waals surface area contributed by atoms with Crippen LogP contribution in [0, 0.1) is 6.92 Å². The molecule has 0 saturated heterocycles. The van der Waals surface area contributed by atoms with Gasteiger partial charge in [0.2, 0.25) is 5.91 Å². The van der Waals surface area contributed by atoms with Crippen LogP contribution in [-0.4, -0.2) is 53.8 Å². The van der Waals surface area contributed by atoms with Crippen LogP contribution < -0.4 is 10.6 Å². The van der Waals surface area contributed by atoms with Gasteiger partial charge in [0, 0.05) is 6.42 Å². The minimum Gasteiger partial charge on any atom is -0.508 e. The summed E-state index contributed by atoms with van der Waals surface area (Å²) in [5.74, 6) is -2.14. The number of carboxylic acids is 1. The van der Waals surface area contributed by atoms with Gasteiger partial charge < -0.3 is 25.6 Å². The zero-order valence-corrected chi connectivity index (χ0v) is 20.1. The Balaban J connectivity index is 2.07. The van der Waals surface area contributed by atoms with E-state index >= 15 is 0 Å². The van der Waals surface area contributed by atoms with Gasteiger partial charge in [0.1, 0.15) is 11.8 Å². The van der Waals surface area contributed by atoms with Crippen molar-refractivity contribution < 1.29 is 29.3 Å². The number of aliphatic carboxylic acids is 1. The van der Waals surface area contributed by atoms with Crippen molar-refractivity contribution in [3.8, 4) is 5.75 Å². The molecule has 1 amide bonds. The predicted octanol–water partition coefficient (Wildman–Crippen LogP) is 2.70. The lowest BCUT2D eigenvalue weighted by Gasteiger charge is -2.28. The molecule has 0 unspecified atom stereocenters. The van der Waals surface area contributed by atoms with Crippen molar-refractivity contribution in [2.45, 2.75) is 57.5 Å². The van der Waals surface area contributed by atoms with Gasteiger partial charge in [-0.15, -0.1) is 0 Å². The van der Waals surface area contributed by atoms with Crippen molar-refractivity contribution in [3.05, 3.63) is 65.2 Å². The minimum absolute atomic E-state index is 0.201. The lowest BCUT2D eigenvalue weighted by molar-refractivity contribution is -0.145. The van der Waals surface area contributed by atoms with E-state index in [0.29, 0.717) is 13.0 Å². The first-order chi connectivity index (χ1) is 16.0. The highest BCUT2D eigenvalue weighted by Crippen LogP contribution is 2.33. The second-order valence-electron chi connectivity index (χ2n) is 9.03. The third-order valence-electron chi connectivity index (χ3n) is 5.80. The lowest BCUT2D eigenvalue weighted by atomic mass is 9.80. The Morgan fingerprint density at radius 3 is 2.32 bits per heavy atom. The standard InChI is InChI=1S/C26H34N2O6/c1-17-10-11-19(22(29)14-17)26(2,3)12-13-27-20(16-23(30)31)24(32)28-21(25(33)34-4)15-18-8-6-5-7-9-18/h5-11,14,20-21,27,29H,12-13,15-16H2,1-4H3,(H,28,32)(H,30,31)/t20-,21+/m0/s1. The van der Waals surface area contributed by atoms with E-state index < -0.39 is 41.8 Å². The van der Waals surface area contributed by atoms with Gasteiger partial charge in [0.05, 0.1) is 19.6 Å². The average Bonchev–Trinajstić information content (AvgIpc) is 2.77. The molecule has 0 fully saturated rings. The number of methoxy groups -OCH3 is 1. The van der Waals surface area contributed by atoms with E-state index in [2.05, 4.69) is 10.6 Å². The van der Waals surface area contributed by atoms with Crippen LogP contribution in [0.5, 0.6) is 5.75 Å². The van der Waals surface area contributed by atoms with E-state index in [9.17, 15) is 24.6 Å². The van der Waals surface area contributed by atoms with E-state index in [0.717, 1.165) is 16.7 Å². The van der Waals surface area contributed by atoms with Gasteiger partial charge in [0.25, 0.3) is 0 Å². The summed E-state index contributed by atoms with van der Waals surface area (Å²) in [5, 5.41) is 25.3. The number of aryl methyl sites for hydroxylation is 1. The molecule has 8 heteroatoms. The van der Waals surface area contributed by atoms with Crippen molar-refractivity contribution in [1.29, 1.82) is 0 Å². The normalized spacial score (nSPS) is 13.1. The van der Waals surface area contributed by atoms with Crippen molar-refractivity contribution in [1.82, 2.24) is 10.6 Å². The average molecular weight is 471 g/mol. The Labute approximate surface area is 200 Å². The maximum absolute atomic E-state index is 12.9. The highest BCUT2D eigenvalue weighted by molar-refractivity contribution is 5.90. The highest BCUT2D eigenvalue weighted by Gasteiger charge is 2.29. The summed E-state index contributed by atoms with van der Waals surface area (Å²) in [6.07, 6.45) is 0.317. The molecule has 2 atom stereocenters. The first kappa shape index (κ1) is 26.9. The number of benzene rings is 2. The summed E-state index contributed by atoms with van der Waals surface area (Å²) in [5.41, 5.74) is 2.13. The molecule has 0 spiro atoms. The van der Waals surface area contributed by atoms with Crippen LogP contribution in [0.2, 0.25) is 0 Å². The van der Waals surface area contributed by atoms with E-state index in [1.807, 2.05) is 63.2 Å². The Kier molecular flexibility index (Phi) is 9.62. The van der Waals surface area contributed by atoms with Crippen LogP contribution in [0.1, 0.15) is 43.4 Å². The first-order valence-corrected chi connectivity index (χ1v) is 11.2. The third-order valence-corrected chi connectivity index (χ3v) is 5.80. The number of esters is 1. The second-order valence-corrected chi connectivity index (χ2v) is 9.03. The molecule has 0 aliphatic carbocycles. The van der Waals surface area contributed by atoms with Crippen molar-refractivity contribution in [3.63, 3.8) is 0 Å². The Morgan fingerprint density at radius 2 is 1.74 bits per heavy atom. The number of aromatic hydroxyl groups is 1. The fraction of sp³-hybridized carbons (Fsp3) is 0.423. The zero-order chi connectivity index (χ0) is 25.3. The van der Waals surface area contributed by atoms with Gasteiger partial charge in [-0.2, -0.15) is 0 Å². The number of nitrogens with one attached hydrogen (secondary N) is 2. The van der Waals surface area contributed by atoms with Gasteiger partial charge in [-0.3, -0.25) is 9.59 Å². The van der Waals surface area contributed by atoms with Crippen molar-refractivity contribution in [2.24, 2.45) is 0 Å². The molecule has 4 N–H and O–H groups in total. The molecular formula is C26H34N2O6. The molecule has 2 aromatic carbocycles. The van der Waals surface area contributed by atoms with Gasteiger partial charge in [-0.25, -0.2) is 4.79 Å². The molecule has 0 aliphatic heterocycles. The molecule has 0 bridgehead atoms. The van der Waals surface area contributed by atoms with Crippen molar-refractivity contribution >= 4 is 17.8 Å². The topological polar surface area (TPSA) is 125 Å². The number of carboxylic acid groups (broad SMARTS) is 1. The Bertz CT molecular complexity index is 990. The summed E-state index contributed by atoms with van der Waals surface area (Å²) in [6.45, 7) is 6.16. The number of hydrogen-bond donors (Lipinski definition) is 4. The van der Waals surface area contributed by atoms with Crippen LogP contribution >= 0.6 is 0 Å². The molecule has 34 heavy (non-hydrogen) atoms. The molecular weight excluding hydrogens is 436 g/mol. The number of phenols is 1. The first-order valence-electron chi connectivity index (χ1n) is 11.2. The Morgan fingerprint density at radius 1 is 1.06 bits per heavy atom. The number of hydrogen-bond acceptors (Lipinski definition) is 6. The molecule has 0 saturated carbocycles. The minimum atomic E-state index is -1.14. The molecule has 0 radical (unpaired) electrons. The van der Waals surface area contributed by atoms with Crippen molar-refractivity contribution in [2.75, 3.05) is 13.7 Å². The highest BCUT2D eigenvalue weighted by atomic mass is 16.5. The van der Waals surface area contributed by atoms with E-state index in [-0.39, 0.29) is 12.2 Å². The van der Waals surface area contributed by atoms with Crippen LogP contribution in [-0.2, 0) is 31.0 Å². The third kappa shape index (κ3) is 7.88. The second kappa shape index (κ2) is 12.2. The number of ether oxygens (including phenoxy) is 1. The van der Waals surface area contributed by atoms with Gasteiger partial charge in [0.15, 0.2) is 0 Å². The molecule has 0 aromatic heterocycles. The summed E-state index contributed by atoms with van der Waals surface area (Å²) in [7, 11) is 1.24. The monoisotopic (exact) mass is 470 g/mol. The number of carbonyl (C=O) groups excluding carboxylic acids is 2. The summed E-state index contributed by atoms with van der Waals surface area (Å²) >= 11 is 0. The summed E-state index contributed by atoms with van der Waals surface area (Å²) in [4.78, 5) is 36.6. The molecule has 8 nitrogen and oxygen atoms in total. The number of amides is 1. The van der Waals surface area contributed by atoms with Gasteiger partial charge in [-0.05, 0) is 48.1 Å². The number of phenolic OH excluding ortho intramolecular Hbond substituents is 1. The molecule has 184 valence electrons. The number of carbonyl (C=O) groups is 3. The molecule has 2 rings (SSSR count). The summed E-state index contributed by atoms with van der Waals surface area (Å²) in [6, 6.07) is 12.7. The SMILES string of the molecule is COC(=O)[C@@H](Cc1ccccc1)NC(=O)[C@H](CC(=O)O)NCCC(C)(C)c1ccc(C)cc1O. The molecule has 0 aliphatic rings. The van der Waals surface area contributed by atoms with Gasteiger partial charge >= 0.3 is 11.9 Å². The number of rotatable bonds is 12. The van der Waals surface area contributed by atoms with Crippen LogP contribution in [0.25, 0.3) is 0 Å². The molecule has 2 aromatic rings. The quantitative estimate of drug-likeness (QED) is 0.352. The van der Waals surface area contributed by atoms with Gasteiger partial charge in [-0.1, -0.05) is 56.3 Å².